The zero-order valence-corrected chi connectivity index (χ0v) is 38.1. The van der Waals surface area contributed by atoms with Gasteiger partial charge in [-0.15, -0.1) is 0 Å². The van der Waals surface area contributed by atoms with Crippen molar-refractivity contribution in [1.29, 1.82) is 26.3 Å². The third-order valence-corrected chi connectivity index (χ3v) is 13.4. The highest BCUT2D eigenvalue weighted by Crippen LogP contribution is 2.48. The van der Waals surface area contributed by atoms with Gasteiger partial charge in [0.25, 0.3) is 0 Å². The molecular formula is C61H29F6N7. The van der Waals surface area contributed by atoms with Crippen molar-refractivity contribution in [3.05, 3.63) is 215 Å². The fraction of sp³-hybridized carbons (Fsp3) is 0.0328. The molecule has 11 rings (SSSR count). The first-order chi connectivity index (χ1) is 35.7. The van der Waals surface area contributed by atoms with Crippen molar-refractivity contribution >= 4 is 43.6 Å². The quantitative estimate of drug-likeness (QED) is 0.153. The van der Waals surface area contributed by atoms with Crippen molar-refractivity contribution in [1.82, 2.24) is 9.13 Å². The van der Waals surface area contributed by atoms with Crippen molar-refractivity contribution in [3.63, 3.8) is 0 Å². The standard InChI is InChI=1S/C61H29F6N7/c62-60(63,64)51-8-5-9-52(61(65,66)67)59(51)40-15-20-47(58(29-40)74-54-11-4-2-7-46(54)50-28-39(17-23-57(50)74)44-19-13-36(31-69)25-42(44)34-72)48-26-37(32-70)14-21-55(48)73-53-10-3-1-6-45(53)49-27-38(16-22-56(49)73)43-18-12-35(30-68)24-41(43)33-71/h1-29H. The molecule has 0 saturated carbocycles. The van der Waals surface area contributed by atoms with Gasteiger partial charge in [-0.2, -0.15) is 52.7 Å². The Morgan fingerprint density at radius 2 is 0.757 bits per heavy atom. The lowest BCUT2D eigenvalue weighted by molar-refractivity contribution is -0.142. The van der Waals surface area contributed by atoms with Crippen molar-refractivity contribution in [2.45, 2.75) is 12.4 Å². The molecule has 0 aliphatic carbocycles. The van der Waals surface area contributed by atoms with Crippen LogP contribution in [0.5, 0.6) is 0 Å². The van der Waals surface area contributed by atoms with Gasteiger partial charge in [0.05, 0.1) is 103 Å². The molecule has 0 N–H and O–H groups in total. The van der Waals surface area contributed by atoms with Crippen LogP contribution in [-0.4, -0.2) is 9.13 Å². The summed E-state index contributed by atoms with van der Waals surface area (Å²) in [6.45, 7) is 0. The number of halogens is 6. The van der Waals surface area contributed by atoms with Gasteiger partial charge in [-0.3, -0.25) is 0 Å². The number of nitriles is 5. The Bertz CT molecular complexity index is 4390. The summed E-state index contributed by atoms with van der Waals surface area (Å²) >= 11 is 0. The number of aromatic nitrogens is 2. The van der Waals surface area contributed by atoms with E-state index in [1.807, 2.05) is 59.2 Å². The molecule has 9 aromatic carbocycles. The summed E-state index contributed by atoms with van der Waals surface area (Å²) in [5.74, 6) is 0. The van der Waals surface area contributed by atoms with Gasteiger partial charge in [-0.05, 0) is 125 Å². The molecule has 0 amide bonds. The first-order valence-corrected chi connectivity index (χ1v) is 22.7. The van der Waals surface area contributed by atoms with E-state index in [-0.39, 0.29) is 22.4 Å². The first kappa shape index (κ1) is 46.0. The average molecular weight is 974 g/mol. The van der Waals surface area contributed by atoms with Crippen molar-refractivity contribution in [2.24, 2.45) is 0 Å². The Morgan fingerprint density at radius 3 is 1.24 bits per heavy atom. The molecule has 0 aliphatic heterocycles. The van der Waals surface area contributed by atoms with E-state index in [0.29, 0.717) is 95.2 Å². The van der Waals surface area contributed by atoms with Crippen LogP contribution in [-0.2, 0) is 12.4 Å². The maximum Gasteiger partial charge on any atom is 0.417 e. The van der Waals surface area contributed by atoms with Gasteiger partial charge in [0.2, 0.25) is 0 Å². The second-order valence-corrected chi connectivity index (χ2v) is 17.4. The summed E-state index contributed by atoms with van der Waals surface area (Å²) in [6.07, 6.45) is -10.4. The molecule has 2 heterocycles. The highest BCUT2D eigenvalue weighted by Gasteiger charge is 2.41. The Balaban J connectivity index is 1.23. The molecule has 350 valence electrons. The topological polar surface area (TPSA) is 129 Å². The van der Waals surface area contributed by atoms with Gasteiger partial charge >= 0.3 is 12.4 Å². The third-order valence-electron chi connectivity index (χ3n) is 13.4. The molecule has 0 unspecified atom stereocenters. The number of hydrogen-bond acceptors (Lipinski definition) is 5. The van der Waals surface area contributed by atoms with Crippen LogP contribution in [0.15, 0.2) is 176 Å². The molecule has 0 fully saturated rings. The molecule has 0 aliphatic rings. The monoisotopic (exact) mass is 973 g/mol. The lowest BCUT2D eigenvalue weighted by Gasteiger charge is -2.22. The molecule has 0 atom stereocenters. The zero-order chi connectivity index (χ0) is 51.6. The summed E-state index contributed by atoms with van der Waals surface area (Å²) in [4.78, 5) is 0. The Hall–Kier alpha value is -10.4. The fourth-order valence-electron chi connectivity index (χ4n) is 10.2. The molecule has 0 saturated heterocycles. The minimum Gasteiger partial charge on any atom is -0.309 e. The maximum atomic E-state index is 15.0. The van der Waals surface area contributed by atoms with Crippen LogP contribution in [0.3, 0.4) is 0 Å². The molecule has 11 aromatic rings. The van der Waals surface area contributed by atoms with E-state index in [2.05, 4.69) is 30.3 Å². The molecular weight excluding hydrogens is 945 g/mol. The van der Waals surface area contributed by atoms with Crippen molar-refractivity contribution < 1.29 is 26.3 Å². The van der Waals surface area contributed by atoms with Gasteiger partial charge in [0, 0.05) is 38.2 Å². The van der Waals surface area contributed by atoms with E-state index in [4.69, 9.17) is 0 Å². The second-order valence-electron chi connectivity index (χ2n) is 17.4. The predicted octanol–water partition coefficient (Wildman–Crippen LogP) is 15.9. The van der Waals surface area contributed by atoms with E-state index >= 15 is 0 Å². The van der Waals surface area contributed by atoms with E-state index in [1.54, 1.807) is 77.4 Å². The van der Waals surface area contributed by atoms with Crippen molar-refractivity contribution in [2.75, 3.05) is 0 Å². The second kappa shape index (κ2) is 17.5. The van der Waals surface area contributed by atoms with E-state index in [9.17, 15) is 52.7 Å². The van der Waals surface area contributed by atoms with Crippen LogP contribution in [0.4, 0.5) is 26.3 Å². The lowest BCUT2D eigenvalue weighted by Crippen LogP contribution is -2.14. The van der Waals surface area contributed by atoms with E-state index in [1.165, 1.54) is 30.3 Å². The summed E-state index contributed by atoms with van der Waals surface area (Å²) in [5, 5.41) is 52.7. The Labute approximate surface area is 417 Å². The molecule has 74 heavy (non-hydrogen) atoms. The largest absolute Gasteiger partial charge is 0.417 e. The summed E-state index contributed by atoms with van der Waals surface area (Å²) in [5.41, 5.74) is 3.42. The summed E-state index contributed by atoms with van der Waals surface area (Å²) < 4.78 is 93.7. The number of para-hydroxylation sites is 2. The van der Waals surface area contributed by atoms with Crippen LogP contribution >= 0.6 is 0 Å². The minimum atomic E-state index is -5.19. The van der Waals surface area contributed by atoms with Crippen LogP contribution in [0, 0.1) is 56.7 Å². The molecule has 2 aromatic heterocycles. The number of benzene rings is 9. The Kier molecular flexibility index (Phi) is 10.9. The third kappa shape index (κ3) is 7.51. The smallest absolute Gasteiger partial charge is 0.309 e. The molecule has 7 nitrogen and oxygen atoms in total. The van der Waals surface area contributed by atoms with Crippen LogP contribution in [0.2, 0.25) is 0 Å². The van der Waals surface area contributed by atoms with Crippen LogP contribution in [0.1, 0.15) is 38.9 Å². The Morgan fingerprint density at radius 1 is 0.324 bits per heavy atom. The molecule has 0 bridgehead atoms. The van der Waals surface area contributed by atoms with Gasteiger partial charge in [0.15, 0.2) is 0 Å². The number of nitrogens with zero attached hydrogens (tertiary/aromatic N) is 7. The van der Waals surface area contributed by atoms with Gasteiger partial charge in [-0.1, -0.05) is 78.9 Å². The van der Waals surface area contributed by atoms with E-state index < -0.39 is 29.0 Å². The van der Waals surface area contributed by atoms with Gasteiger partial charge < -0.3 is 9.13 Å². The van der Waals surface area contributed by atoms with Crippen molar-refractivity contribution in [3.8, 4) is 86.2 Å². The highest BCUT2D eigenvalue weighted by molar-refractivity contribution is 6.13. The van der Waals surface area contributed by atoms with E-state index in [0.717, 1.165) is 22.4 Å². The maximum absolute atomic E-state index is 15.0. The lowest BCUT2D eigenvalue weighted by atomic mass is 9.90. The molecule has 0 spiro atoms. The number of alkyl halides is 6. The fourth-order valence-corrected chi connectivity index (χ4v) is 10.2. The average Bonchev–Trinajstić information content (AvgIpc) is 3.93. The minimum absolute atomic E-state index is 0.187. The SMILES string of the molecule is N#Cc1ccc(-c2ccc3c(c2)c2ccccc2n3-c2ccc(C#N)cc2-c2ccc(-c3c(C(F)(F)F)cccc3C(F)(F)F)cc2-n2c3ccccc3c3cc(-c4ccc(C#N)cc4C#N)ccc32)c(C#N)c1. The summed E-state index contributed by atoms with van der Waals surface area (Å²) in [6, 6.07) is 57.3. The molecule has 0 radical (unpaired) electrons. The predicted molar refractivity (Wildman–Crippen MR) is 270 cm³/mol. The number of fused-ring (bicyclic) bond motifs is 6. The van der Waals surface area contributed by atoms with Gasteiger partial charge in [0.1, 0.15) is 0 Å². The first-order valence-electron chi connectivity index (χ1n) is 22.7. The van der Waals surface area contributed by atoms with Crippen LogP contribution in [0.25, 0.3) is 99.5 Å². The highest BCUT2D eigenvalue weighted by atomic mass is 19.4. The number of hydrogen-bond donors (Lipinski definition) is 0. The summed E-state index contributed by atoms with van der Waals surface area (Å²) in [7, 11) is 0. The van der Waals surface area contributed by atoms with Gasteiger partial charge in [-0.25, -0.2) is 0 Å². The zero-order valence-electron chi connectivity index (χ0n) is 38.1. The van der Waals surface area contributed by atoms with Crippen LogP contribution < -0.4 is 0 Å². The molecule has 13 heteroatoms. The normalized spacial score (nSPS) is 11.6. The number of rotatable bonds is 6.